The number of ether oxygens (including phenoxy) is 1. The number of furan rings is 1. The molecule has 1 aromatic carbocycles. The van der Waals surface area contributed by atoms with Crippen LogP contribution >= 0.6 is 0 Å². The lowest BCUT2D eigenvalue weighted by molar-refractivity contribution is -0.127. The van der Waals surface area contributed by atoms with Gasteiger partial charge in [0.15, 0.2) is 5.76 Å². The number of methoxy groups -OCH3 is 1. The Morgan fingerprint density at radius 1 is 1.03 bits per heavy atom. The molecule has 0 radical (unpaired) electrons. The highest BCUT2D eigenvalue weighted by Gasteiger charge is 2.39. The van der Waals surface area contributed by atoms with E-state index in [1.54, 1.807) is 24.1 Å². The summed E-state index contributed by atoms with van der Waals surface area (Å²) in [6.45, 7) is 0. The summed E-state index contributed by atoms with van der Waals surface area (Å²) in [5.74, 6) is 0.653. The SMILES string of the molecule is COc1ccc([C@@H](C(=O)NC2CCCC2)N(C(=O)c2ccco2)C2CCCC2)cc1. The maximum atomic E-state index is 13.6. The van der Waals surface area contributed by atoms with E-state index in [2.05, 4.69) is 5.32 Å². The molecule has 1 heterocycles. The summed E-state index contributed by atoms with van der Waals surface area (Å²) in [6.07, 6.45) is 9.68. The summed E-state index contributed by atoms with van der Waals surface area (Å²) in [5, 5.41) is 3.22. The quantitative estimate of drug-likeness (QED) is 0.731. The Morgan fingerprint density at radius 3 is 2.30 bits per heavy atom. The van der Waals surface area contributed by atoms with Gasteiger partial charge in [0.05, 0.1) is 13.4 Å². The normalized spacial score (nSPS) is 18.3. The summed E-state index contributed by atoms with van der Waals surface area (Å²) in [7, 11) is 1.62. The summed E-state index contributed by atoms with van der Waals surface area (Å²) < 4.78 is 10.7. The Bertz CT molecular complexity index is 835. The summed E-state index contributed by atoms with van der Waals surface area (Å²) in [5.41, 5.74) is 0.790. The lowest BCUT2D eigenvalue weighted by Gasteiger charge is -2.36. The van der Waals surface area contributed by atoms with Gasteiger partial charge >= 0.3 is 0 Å². The summed E-state index contributed by atoms with van der Waals surface area (Å²) in [4.78, 5) is 28.8. The Hall–Kier alpha value is -2.76. The smallest absolute Gasteiger partial charge is 0.290 e. The third-order valence-electron chi connectivity index (χ3n) is 6.34. The Kier molecular flexibility index (Phi) is 6.41. The second-order valence-electron chi connectivity index (χ2n) is 8.29. The molecule has 0 spiro atoms. The van der Waals surface area contributed by atoms with Crippen LogP contribution in [0.25, 0.3) is 0 Å². The first kappa shape index (κ1) is 20.5. The zero-order valence-electron chi connectivity index (χ0n) is 17.5. The molecule has 2 saturated carbocycles. The topological polar surface area (TPSA) is 71.8 Å². The van der Waals surface area contributed by atoms with Crippen LogP contribution in [0, 0.1) is 0 Å². The molecule has 4 rings (SSSR count). The highest BCUT2D eigenvalue weighted by molar-refractivity contribution is 5.96. The van der Waals surface area contributed by atoms with Gasteiger partial charge in [-0.3, -0.25) is 9.59 Å². The minimum absolute atomic E-state index is 0.0176. The number of rotatable bonds is 7. The fraction of sp³-hybridized carbons (Fsp3) is 0.500. The third kappa shape index (κ3) is 4.37. The number of nitrogens with zero attached hydrogens (tertiary/aromatic N) is 1. The number of carbonyl (C=O) groups excluding carboxylic acids is 2. The van der Waals surface area contributed by atoms with Gasteiger partial charge in [-0.1, -0.05) is 37.8 Å². The molecular weight excluding hydrogens is 380 g/mol. The van der Waals surface area contributed by atoms with Crippen molar-refractivity contribution in [3.8, 4) is 5.75 Å². The van der Waals surface area contributed by atoms with Crippen molar-refractivity contribution >= 4 is 11.8 Å². The van der Waals surface area contributed by atoms with E-state index in [0.29, 0.717) is 0 Å². The highest BCUT2D eigenvalue weighted by Crippen LogP contribution is 2.34. The molecule has 2 aliphatic rings. The molecule has 0 aliphatic heterocycles. The van der Waals surface area contributed by atoms with E-state index in [0.717, 1.165) is 62.7 Å². The molecule has 1 aromatic heterocycles. The maximum Gasteiger partial charge on any atom is 0.290 e. The molecule has 0 unspecified atom stereocenters. The molecule has 2 amide bonds. The van der Waals surface area contributed by atoms with E-state index in [-0.39, 0.29) is 29.7 Å². The molecule has 160 valence electrons. The van der Waals surface area contributed by atoms with Crippen molar-refractivity contribution in [3.05, 3.63) is 54.0 Å². The lowest BCUT2D eigenvalue weighted by Crippen LogP contribution is -2.49. The van der Waals surface area contributed by atoms with Gasteiger partial charge in [-0.2, -0.15) is 0 Å². The number of carbonyl (C=O) groups is 2. The van der Waals surface area contributed by atoms with Crippen molar-refractivity contribution in [3.63, 3.8) is 0 Å². The number of benzene rings is 1. The molecule has 1 atom stereocenters. The predicted octanol–water partition coefficient (Wildman–Crippen LogP) is 4.47. The van der Waals surface area contributed by atoms with Crippen LogP contribution in [-0.4, -0.2) is 35.9 Å². The van der Waals surface area contributed by atoms with Crippen molar-refractivity contribution in [2.24, 2.45) is 0 Å². The van der Waals surface area contributed by atoms with Crippen molar-refractivity contribution in [1.29, 1.82) is 0 Å². The van der Waals surface area contributed by atoms with Crippen LogP contribution in [0.3, 0.4) is 0 Å². The standard InChI is InChI=1S/C24H30N2O4/c1-29-20-14-12-17(13-15-20)22(23(27)25-18-7-2-3-8-18)26(19-9-4-5-10-19)24(28)21-11-6-16-30-21/h6,11-16,18-19,22H,2-5,7-10H2,1H3,(H,25,27)/t22-/m0/s1. The number of hydrogen-bond acceptors (Lipinski definition) is 4. The first-order chi connectivity index (χ1) is 14.7. The molecule has 2 fully saturated rings. The fourth-order valence-corrected chi connectivity index (χ4v) is 4.78. The number of nitrogens with one attached hydrogen (secondary N) is 1. The van der Waals surface area contributed by atoms with Crippen molar-refractivity contribution in [1.82, 2.24) is 10.2 Å². The molecule has 1 N–H and O–H groups in total. The van der Waals surface area contributed by atoms with E-state index < -0.39 is 6.04 Å². The molecule has 6 heteroatoms. The number of hydrogen-bond donors (Lipinski definition) is 1. The Balaban J connectivity index is 1.71. The van der Waals surface area contributed by atoms with Gasteiger partial charge in [-0.05, 0) is 55.5 Å². The summed E-state index contributed by atoms with van der Waals surface area (Å²) >= 11 is 0. The molecule has 0 bridgehead atoms. The van der Waals surface area contributed by atoms with Gasteiger partial charge in [-0.25, -0.2) is 0 Å². The highest BCUT2D eigenvalue weighted by atomic mass is 16.5. The van der Waals surface area contributed by atoms with Crippen LogP contribution in [0.15, 0.2) is 47.1 Å². The molecule has 2 aliphatic carbocycles. The molecule has 2 aromatic rings. The minimum Gasteiger partial charge on any atom is -0.497 e. The largest absolute Gasteiger partial charge is 0.497 e. The van der Waals surface area contributed by atoms with Crippen LogP contribution in [-0.2, 0) is 4.79 Å². The van der Waals surface area contributed by atoms with Gasteiger partial charge in [0.25, 0.3) is 5.91 Å². The van der Waals surface area contributed by atoms with Crippen LogP contribution < -0.4 is 10.1 Å². The second-order valence-corrected chi connectivity index (χ2v) is 8.29. The van der Waals surface area contributed by atoms with Gasteiger partial charge < -0.3 is 19.4 Å². The lowest BCUT2D eigenvalue weighted by atomic mass is 10.00. The first-order valence-corrected chi connectivity index (χ1v) is 11.0. The van der Waals surface area contributed by atoms with Crippen LogP contribution in [0.5, 0.6) is 5.75 Å². The second kappa shape index (κ2) is 9.37. The molecule has 30 heavy (non-hydrogen) atoms. The van der Waals surface area contributed by atoms with E-state index >= 15 is 0 Å². The van der Waals surface area contributed by atoms with Crippen LogP contribution in [0.1, 0.15) is 73.5 Å². The van der Waals surface area contributed by atoms with E-state index in [1.165, 1.54) is 6.26 Å². The van der Waals surface area contributed by atoms with Crippen LogP contribution in [0.4, 0.5) is 0 Å². The monoisotopic (exact) mass is 410 g/mol. The Labute approximate surface area is 177 Å². The van der Waals surface area contributed by atoms with E-state index in [1.807, 2.05) is 24.3 Å². The van der Waals surface area contributed by atoms with Gasteiger partial charge in [0.2, 0.25) is 5.91 Å². The summed E-state index contributed by atoms with van der Waals surface area (Å²) in [6, 6.07) is 10.3. The van der Waals surface area contributed by atoms with Gasteiger partial charge in [0, 0.05) is 12.1 Å². The molecule has 0 saturated heterocycles. The zero-order valence-corrected chi connectivity index (χ0v) is 17.5. The molecule has 6 nitrogen and oxygen atoms in total. The maximum absolute atomic E-state index is 13.6. The average molecular weight is 411 g/mol. The average Bonchev–Trinajstić information content (AvgIpc) is 3.55. The van der Waals surface area contributed by atoms with Crippen LogP contribution in [0.2, 0.25) is 0 Å². The van der Waals surface area contributed by atoms with Gasteiger partial charge in [0.1, 0.15) is 11.8 Å². The predicted molar refractivity (Wildman–Crippen MR) is 113 cm³/mol. The zero-order chi connectivity index (χ0) is 20.9. The first-order valence-electron chi connectivity index (χ1n) is 11.0. The van der Waals surface area contributed by atoms with Crippen molar-refractivity contribution < 1.29 is 18.7 Å². The number of amides is 2. The van der Waals surface area contributed by atoms with Crippen molar-refractivity contribution in [2.45, 2.75) is 69.5 Å². The van der Waals surface area contributed by atoms with E-state index in [9.17, 15) is 9.59 Å². The van der Waals surface area contributed by atoms with Crippen molar-refractivity contribution in [2.75, 3.05) is 7.11 Å². The molecular formula is C24H30N2O4. The third-order valence-corrected chi connectivity index (χ3v) is 6.34. The van der Waals surface area contributed by atoms with E-state index in [4.69, 9.17) is 9.15 Å². The fourth-order valence-electron chi connectivity index (χ4n) is 4.78. The van der Waals surface area contributed by atoms with Gasteiger partial charge in [-0.15, -0.1) is 0 Å². The Morgan fingerprint density at radius 2 is 1.70 bits per heavy atom. The minimum atomic E-state index is -0.697.